The molecule has 1 saturated carbocycles. The van der Waals surface area contributed by atoms with Crippen molar-refractivity contribution in [2.24, 2.45) is 5.41 Å². The van der Waals surface area contributed by atoms with Gasteiger partial charge in [-0.2, -0.15) is 0 Å². The van der Waals surface area contributed by atoms with E-state index in [4.69, 9.17) is 10.4 Å². The number of hydrogen-bond donors (Lipinski definition) is 2. The van der Waals surface area contributed by atoms with Crippen molar-refractivity contribution in [1.82, 2.24) is 10.3 Å². The molecule has 1 aliphatic rings. The number of anilines is 2. The highest BCUT2D eigenvalue weighted by Gasteiger charge is 2.31. The average molecular weight is 232 g/mol. The second-order valence-corrected chi connectivity index (χ2v) is 5.18. The van der Waals surface area contributed by atoms with Crippen molar-refractivity contribution in [3.8, 4) is 0 Å². The van der Waals surface area contributed by atoms with Gasteiger partial charge in [-0.15, -0.1) is 0 Å². The summed E-state index contributed by atoms with van der Waals surface area (Å²) in [5.74, 6) is 0. The molecule has 0 saturated heterocycles. The zero-order valence-corrected chi connectivity index (χ0v) is 9.86. The highest BCUT2D eigenvalue weighted by Crippen LogP contribution is 2.40. The van der Waals surface area contributed by atoms with Crippen LogP contribution in [-0.2, 0) is 0 Å². The van der Waals surface area contributed by atoms with Gasteiger partial charge in [0.25, 0.3) is 0 Å². The van der Waals surface area contributed by atoms with Gasteiger partial charge in [0.15, 0.2) is 11.0 Å². The largest absolute Gasteiger partial charge is 0.397 e. The molecule has 3 rings (SSSR count). The number of nitrogens with zero attached hydrogens (tertiary/aromatic N) is 2. The van der Waals surface area contributed by atoms with Crippen molar-refractivity contribution in [3.05, 3.63) is 12.1 Å². The molecule has 0 amide bonds. The molecule has 0 bridgehead atoms. The van der Waals surface area contributed by atoms with E-state index in [0.717, 1.165) is 12.2 Å². The summed E-state index contributed by atoms with van der Waals surface area (Å²) in [6, 6.07) is 3.77. The van der Waals surface area contributed by atoms with E-state index >= 15 is 0 Å². The number of benzene rings is 1. The number of rotatable bonds is 3. The Labute approximate surface area is 99.3 Å². The molecular weight excluding hydrogens is 216 g/mol. The maximum Gasteiger partial charge on any atom is 0.160 e. The molecule has 1 fully saturated rings. The molecule has 3 N–H and O–H groups in total. The van der Waals surface area contributed by atoms with E-state index in [1.807, 2.05) is 12.1 Å². The zero-order valence-electron chi connectivity index (χ0n) is 9.86. The summed E-state index contributed by atoms with van der Waals surface area (Å²) < 4.78 is 4.74. The van der Waals surface area contributed by atoms with Crippen LogP contribution in [0.5, 0.6) is 0 Å². The number of aromatic nitrogens is 2. The summed E-state index contributed by atoms with van der Waals surface area (Å²) in [6.45, 7) is 3.26. The fourth-order valence-corrected chi connectivity index (χ4v) is 2.29. The molecule has 2 aromatic rings. The van der Waals surface area contributed by atoms with Crippen LogP contribution in [0.1, 0.15) is 26.2 Å². The Hall–Kier alpha value is -1.78. The fourth-order valence-electron chi connectivity index (χ4n) is 2.29. The normalized spacial score (nSPS) is 17.9. The van der Waals surface area contributed by atoms with Gasteiger partial charge in [-0.25, -0.2) is 4.63 Å². The summed E-state index contributed by atoms with van der Waals surface area (Å²) in [4.78, 5) is 0. The second kappa shape index (κ2) is 3.61. The van der Waals surface area contributed by atoms with Crippen molar-refractivity contribution in [2.75, 3.05) is 17.6 Å². The minimum Gasteiger partial charge on any atom is -0.397 e. The number of nitrogens with two attached hydrogens (primary N) is 1. The van der Waals surface area contributed by atoms with Gasteiger partial charge in [0.05, 0.1) is 11.4 Å². The standard InChI is InChI=1S/C12H16N4O/c1-12(5-2-6-12)7-14-9-4-3-8(13)10-11(9)16-17-15-10/h3-4,14H,2,5-7,13H2,1H3. The first-order valence-corrected chi connectivity index (χ1v) is 5.93. The number of fused-ring (bicyclic) bond motifs is 1. The molecule has 1 heterocycles. The Bertz CT molecular complexity index is 544. The predicted octanol–water partition coefficient (Wildman–Crippen LogP) is 2.41. The van der Waals surface area contributed by atoms with Crippen LogP contribution in [0.3, 0.4) is 0 Å². The van der Waals surface area contributed by atoms with Gasteiger partial charge in [0.2, 0.25) is 0 Å². The molecule has 0 radical (unpaired) electrons. The maximum absolute atomic E-state index is 5.80. The zero-order chi connectivity index (χ0) is 11.9. The summed E-state index contributed by atoms with van der Waals surface area (Å²) >= 11 is 0. The SMILES string of the molecule is CC1(CNc2ccc(N)c3nonc23)CCC1. The third kappa shape index (κ3) is 1.71. The summed E-state index contributed by atoms with van der Waals surface area (Å²) in [7, 11) is 0. The minimum atomic E-state index is 0.422. The van der Waals surface area contributed by atoms with Crippen molar-refractivity contribution in [3.63, 3.8) is 0 Å². The molecule has 90 valence electrons. The monoisotopic (exact) mass is 232 g/mol. The van der Waals surface area contributed by atoms with Gasteiger partial charge in [-0.1, -0.05) is 13.3 Å². The highest BCUT2D eigenvalue weighted by atomic mass is 16.6. The first-order valence-electron chi connectivity index (χ1n) is 5.93. The third-order valence-corrected chi connectivity index (χ3v) is 3.71. The van der Waals surface area contributed by atoms with Gasteiger partial charge >= 0.3 is 0 Å². The first kappa shape index (κ1) is 10.4. The van der Waals surface area contributed by atoms with E-state index in [1.165, 1.54) is 19.3 Å². The van der Waals surface area contributed by atoms with E-state index in [9.17, 15) is 0 Å². The van der Waals surface area contributed by atoms with Crippen LogP contribution in [0.4, 0.5) is 11.4 Å². The van der Waals surface area contributed by atoms with Gasteiger partial charge in [-0.05, 0) is 40.7 Å². The van der Waals surface area contributed by atoms with E-state index in [1.54, 1.807) is 0 Å². The Morgan fingerprint density at radius 3 is 2.82 bits per heavy atom. The van der Waals surface area contributed by atoms with Gasteiger partial charge in [0.1, 0.15) is 0 Å². The van der Waals surface area contributed by atoms with Crippen molar-refractivity contribution in [2.45, 2.75) is 26.2 Å². The smallest absolute Gasteiger partial charge is 0.160 e. The lowest BCUT2D eigenvalue weighted by Gasteiger charge is -2.38. The lowest BCUT2D eigenvalue weighted by Crippen LogP contribution is -2.33. The van der Waals surface area contributed by atoms with Gasteiger partial charge in [0, 0.05) is 6.54 Å². The average Bonchev–Trinajstić information content (AvgIpc) is 2.76. The Morgan fingerprint density at radius 1 is 1.35 bits per heavy atom. The molecule has 1 aromatic carbocycles. The lowest BCUT2D eigenvalue weighted by atomic mass is 9.70. The van der Waals surface area contributed by atoms with Crippen molar-refractivity contribution >= 4 is 22.4 Å². The quantitative estimate of drug-likeness (QED) is 0.794. The van der Waals surface area contributed by atoms with Gasteiger partial charge in [-0.3, -0.25) is 0 Å². The molecule has 1 aliphatic carbocycles. The van der Waals surface area contributed by atoms with Crippen molar-refractivity contribution in [1.29, 1.82) is 0 Å². The molecule has 0 atom stereocenters. The Balaban J connectivity index is 1.85. The summed E-state index contributed by atoms with van der Waals surface area (Å²) in [6.07, 6.45) is 3.91. The van der Waals surface area contributed by atoms with E-state index in [2.05, 4.69) is 22.6 Å². The van der Waals surface area contributed by atoms with Crippen molar-refractivity contribution < 1.29 is 4.63 Å². The minimum absolute atomic E-state index is 0.422. The molecule has 0 aliphatic heterocycles. The molecular formula is C12H16N4O. The van der Waals surface area contributed by atoms with Crippen LogP contribution in [0, 0.1) is 5.41 Å². The topological polar surface area (TPSA) is 77.0 Å². The Kier molecular flexibility index (Phi) is 2.21. The summed E-state index contributed by atoms with van der Waals surface area (Å²) in [5, 5.41) is 11.1. The van der Waals surface area contributed by atoms with Crippen LogP contribution in [0.25, 0.3) is 11.0 Å². The predicted molar refractivity (Wildman–Crippen MR) is 66.7 cm³/mol. The van der Waals surface area contributed by atoms with Crippen LogP contribution in [0.15, 0.2) is 16.8 Å². The summed E-state index contributed by atoms with van der Waals surface area (Å²) in [5.41, 5.74) is 9.12. The second-order valence-electron chi connectivity index (χ2n) is 5.18. The lowest BCUT2D eigenvalue weighted by molar-refractivity contribution is 0.180. The van der Waals surface area contributed by atoms with Gasteiger partial charge < -0.3 is 11.1 Å². The molecule has 17 heavy (non-hydrogen) atoms. The maximum atomic E-state index is 5.80. The van der Waals surface area contributed by atoms with Crippen LogP contribution >= 0.6 is 0 Å². The molecule has 0 unspecified atom stereocenters. The van der Waals surface area contributed by atoms with Crippen LogP contribution in [0.2, 0.25) is 0 Å². The number of nitrogens with one attached hydrogen (secondary N) is 1. The Morgan fingerprint density at radius 2 is 2.12 bits per heavy atom. The molecule has 1 aromatic heterocycles. The van der Waals surface area contributed by atoms with E-state index in [0.29, 0.717) is 22.1 Å². The molecule has 5 nitrogen and oxygen atoms in total. The highest BCUT2D eigenvalue weighted by molar-refractivity contribution is 5.94. The third-order valence-electron chi connectivity index (χ3n) is 3.71. The van der Waals surface area contributed by atoms with Crippen LogP contribution < -0.4 is 11.1 Å². The molecule has 5 heteroatoms. The van der Waals surface area contributed by atoms with Crippen LogP contribution in [-0.4, -0.2) is 16.9 Å². The van der Waals surface area contributed by atoms with E-state index < -0.39 is 0 Å². The fraction of sp³-hybridized carbons (Fsp3) is 0.500. The van der Waals surface area contributed by atoms with E-state index in [-0.39, 0.29) is 0 Å². The number of hydrogen-bond acceptors (Lipinski definition) is 5. The first-order chi connectivity index (χ1) is 8.18. The molecule has 0 spiro atoms. The number of nitrogen functional groups attached to an aromatic ring is 1.